The van der Waals surface area contributed by atoms with Crippen LogP contribution >= 0.6 is 12.4 Å². The van der Waals surface area contributed by atoms with Gasteiger partial charge in [-0.2, -0.15) is 4.98 Å². The van der Waals surface area contributed by atoms with Crippen molar-refractivity contribution in [3.8, 4) is 6.01 Å². The van der Waals surface area contributed by atoms with Crippen molar-refractivity contribution in [3.63, 3.8) is 0 Å². The lowest BCUT2D eigenvalue weighted by Crippen LogP contribution is -2.26. The first-order chi connectivity index (χ1) is 7.86. The Kier molecular flexibility index (Phi) is 3.69. The molecule has 0 bridgehead atoms. The topological polar surface area (TPSA) is 50.3 Å². The minimum atomic E-state index is 0. The van der Waals surface area contributed by atoms with Crippen molar-refractivity contribution in [1.29, 1.82) is 0 Å². The first kappa shape index (κ1) is 12.4. The number of rotatable bonds is 2. The summed E-state index contributed by atoms with van der Waals surface area (Å²) in [6.07, 6.45) is 1.76. The van der Waals surface area contributed by atoms with Crippen LogP contribution < -0.4 is 15.0 Å². The van der Waals surface area contributed by atoms with Gasteiger partial charge in [0.05, 0.1) is 7.11 Å². The Balaban J connectivity index is 0.00000108. The fourth-order valence-electron chi connectivity index (χ4n) is 2.65. The molecule has 2 aliphatic heterocycles. The van der Waals surface area contributed by atoms with E-state index in [1.165, 1.54) is 0 Å². The van der Waals surface area contributed by atoms with Crippen molar-refractivity contribution < 1.29 is 4.74 Å². The van der Waals surface area contributed by atoms with E-state index in [1.807, 2.05) is 6.07 Å². The summed E-state index contributed by atoms with van der Waals surface area (Å²) in [6.45, 7) is 4.47. The van der Waals surface area contributed by atoms with E-state index >= 15 is 0 Å². The van der Waals surface area contributed by atoms with Crippen molar-refractivity contribution in [3.05, 3.63) is 12.3 Å². The zero-order chi connectivity index (χ0) is 11.0. The molecule has 0 aliphatic carbocycles. The lowest BCUT2D eigenvalue weighted by Gasteiger charge is -2.18. The highest BCUT2D eigenvalue weighted by Gasteiger charge is 2.36. The number of halogens is 1. The summed E-state index contributed by atoms with van der Waals surface area (Å²) < 4.78 is 5.05. The fraction of sp³-hybridized carbons (Fsp3) is 0.636. The molecule has 0 spiro atoms. The zero-order valence-corrected chi connectivity index (χ0v) is 10.6. The molecule has 0 amide bonds. The van der Waals surface area contributed by atoms with E-state index in [2.05, 4.69) is 20.2 Å². The normalized spacial score (nSPS) is 26.5. The standard InChI is InChI=1S/C11H16N4O.ClH/c1-16-11-13-3-2-10(14-11)15-6-8-4-12-5-9(8)7-15;/h2-3,8-9,12H,4-7H2,1H3;1H. The van der Waals surface area contributed by atoms with Crippen LogP contribution in [0.2, 0.25) is 0 Å². The summed E-state index contributed by atoms with van der Waals surface area (Å²) in [5.74, 6) is 2.54. The molecule has 1 N–H and O–H groups in total. The second-order valence-electron chi connectivity index (χ2n) is 4.48. The van der Waals surface area contributed by atoms with Gasteiger partial charge in [-0.05, 0) is 17.9 Å². The quantitative estimate of drug-likeness (QED) is 0.838. The number of ether oxygens (including phenoxy) is 1. The van der Waals surface area contributed by atoms with Gasteiger partial charge in [-0.15, -0.1) is 12.4 Å². The summed E-state index contributed by atoms with van der Waals surface area (Å²) in [6, 6.07) is 2.41. The number of hydrogen-bond donors (Lipinski definition) is 1. The molecule has 3 heterocycles. The highest BCUT2D eigenvalue weighted by molar-refractivity contribution is 5.85. The lowest BCUT2D eigenvalue weighted by molar-refractivity contribution is 0.380. The van der Waals surface area contributed by atoms with Crippen molar-refractivity contribution in [2.75, 3.05) is 38.2 Å². The Morgan fingerprint density at radius 3 is 2.71 bits per heavy atom. The molecule has 3 rings (SSSR count). The van der Waals surface area contributed by atoms with Gasteiger partial charge >= 0.3 is 6.01 Å². The number of fused-ring (bicyclic) bond motifs is 1. The van der Waals surface area contributed by atoms with Crippen LogP contribution in [0, 0.1) is 11.8 Å². The van der Waals surface area contributed by atoms with Crippen LogP contribution in [0.5, 0.6) is 6.01 Å². The third-order valence-corrected chi connectivity index (χ3v) is 3.51. The highest BCUT2D eigenvalue weighted by Crippen LogP contribution is 2.29. The van der Waals surface area contributed by atoms with Gasteiger partial charge in [0.1, 0.15) is 5.82 Å². The van der Waals surface area contributed by atoms with E-state index < -0.39 is 0 Å². The van der Waals surface area contributed by atoms with Crippen LogP contribution in [0.1, 0.15) is 0 Å². The van der Waals surface area contributed by atoms with Gasteiger partial charge in [0.25, 0.3) is 0 Å². The second-order valence-corrected chi connectivity index (χ2v) is 4.48. The van der Waals surface area contributed by atoms with E-state index in [-0.39, 0.29) is 12.4 Å². The lowest BCUT2D eigenvalue weighted by atomic mass is 10.0. The van der Waals surface area contributed by atoms with Gasteiger partial charge < -0.3 is 15.0 Å². The van der Waals surface area contributed by atoms with Gasteiger partial charge in [0, 0.05) is 32.4 Å². The molecule has 0 radical (unpaired) electrons. The third kappa shape index (κ3) is 2.30. The third-order valence-electron chi connectivity index (χ3n) is 3.51. The summed E-state index contributed by atoms with van der Waals surface area (Å²) in [5.41, 5.74) is 0. The molecule has 6 heteroatoms. The largest absolute Gasteiger partial charge is 0.467 e. The minimum Gasteiger partial charge on any atom is -0.467 e. The summed E-state index contributed by atoms with van der Waals surface area (Å²) >= 11 is 0. The van der Waals surface area contributed by atoms with E-state index in [0.29, 0.717) is 6.01 Å². The maximum Gasteiger partial charge on any atom is 0.318 e. The molecule has 1 aromatic heterocycles. The first-order valence-electron chi connectivity index (χ1n) is 5.69. The zero-order valence-electron chi connectivity index (χ0n) is 9.80. The predicted octanol–water partition coefficient (Wildman–Crippen LogP) is 0.563. The number of nitrogens with zero attached hydrogens (tertiary/aromatic N) is 3. The molecular formula is C11H17ClN4O. The first-order valence-corrected chi connectivity index (χ1v) is 5.69. The maximum absolute atomic E-state index is 5.05. The molecule has 2 fully saturated rings. The number of anilines is 1. The Morgan fingerprint density at radius 2 is 2.06 bits per heavy atom. The molecule has 17 heavy (non-hydrogen) atoms. The number of hydrogen-bond acceptors (Lipinski definition) is 5. The van der Waals surface area contributed by atoms with Crippen molar-refractivity contribution in [2.24, 2.45) is 11.8 Å². The van der Waals surface area contributed by atoms with Crippen LogP contribution in [0.25, 0.3) is 0 Å². The second kappa shape index (κ2) is 5.06. The molecule has 1 aromatic rings. The number of aromatic nitrogens is 2. The number of nitrogens with one attached hydrogen (secondary N) is 1. The van der Waals surface area contributed by atoms with Crippen molar-refractivity contribution in [1.82, 2.24) is 15.3 Å². The molecule has 2 saturated heterocycles. The van der Waals surface area contributed by atoms with E-state index in [1.54, 1.807) is 13.3 Å². The molecular weight excluding hydrogens is 240 g/mol. The van der Waals surface area contributed by atoms with Crippen LogP contribution in [-0.4, -0.2) is 43.3 Å². The number of methoxy groups -OCH3 is 1. The summed E-state index contributed by atoms with van der Waals surface area (Å²) in [5, 5.41) is 3.43. The van der Waals surface area contributed by atoms with Gasteiger partial charge in [0.2, 0.25) is 0 Å². The molecule has 0 aromatic carbocycles. The van der Waals surface area contributed by atoms with Crippen LogP contribution in [0.3, 0.4) is 0 Å². The smallest absolute Gasteiger partial charge is 0.318 e. The summed E-state index contributed by atoms with van der Waals surface area (Å²) in [7, 11) is 1.60. The van der Waals surface area contributed by atoms with Crippen molar-refractivity contribution >= 4 is 18.2 Å². The Hall–Kier alpha value is -1.07. The monoisotopic (exact) mass is 256 g/mol. The van der Waals surface area contributed by atoms with E-state index in [9.17, 15) is 0 Å². The van der Waals surface area contributed by atoms with Gasteiger partial charge in [0.15, 0.2) is 0 Å². The summed E-state index contributed by atoms with van der Waals surface area (Å²) in [4.78, 5) is 10.7. The van der Waals surface area contributed by atoms with Crippen molar-refractivity contribution in [2.45, 2.75) is 0 Å². The maximum atomic E-state index is 5.05. The average molecular weight is 257 g/mol. The fourth-order valence-corrected chi connectivity index (χ4v) is 2.65. The molecule has 2 aliphatic rings. The molecule has 0 saturated carbocycles. The predicted molar refractivity (Wildman–Crippen MR) is 67.9 cm³/mol. The van der Waals surface area contributed by atoms with E-state index in [0.717, 1.165) is 43.8 Å². The molecule has 94 valence electrons. The molecule has 5 nitrogen and oxygen atoms in total. The van der Waals surface area contributed by atoms with Gasteiger partial charge in [-0.25, -0.2) is 4.98 Å². The molecule has 2 unspecified atom stereocenters. The Bertz CT molecular complexity index is 377. The SMILES string of the molecule is COc1nccc(N2CC3CNCC3C2)n1.Cl. The Labute approximate surface area is 107 Å². The molecule has 2 atom stereocenters. The minimum absolute atomic E-state index is 0. The highest BCUT2D eigenvalue weighted by atomic mass is 35.5. The van der Waals surface area contributed by atoms with Crippen LogP contribution in [0.15, 0.2) is 12.3 Å². The average Bonchev–Trinajstić information content (AvgIpc) is 2.89. The van der Waals surface area contributed by atoms with E-state index in [4.69, 9.17) is 4.74 Å². The van der Waals surface area contributed by atoms with Crippen LogP contribution in [-0.2, 0) is 0 Å². The van der Waals surface area contributed by atoms with Crippen LogP contribution in [0.4, 0.5) is 5.82 Å². The van der Waals surface area contributed by atoms with Gasteiger partial charge in [-0.1, -0.05) is 0 Å². The Morgan fingerprint density at radius 1 is 1.35 bits per heavy atom. The van der Waals surface area contributed by atoms with Gasteiger partial charge in [-0.3, -0.25) is 0 Å².